The van der Waals surface area contributed by atoms with Crippen LogP contribution in [0, 0.1) is 0 Å². The van der Waals surface area contributed by atoms with Crippen molar-refractivity contribution in [3.63, 3.8) is 0 Å². The fraction of sp³-hybridized carbons (Fsp3) is 0.636. The van der Waals surface area contributed by atoms with Crippen molar-refractivity contribution < 1.29 is 4.43 Å². The van der Waals surface area contributed by atoms with E-state index in [-0.39, 0.29) is 0 Å². The third-order valence-corrected chi connectivity index (χ3v) is 5.55. The average molecular weight is 196 g/mol. The van der Waals surface area contributed by atoms with Crippen molar-refractivity contribution in [2.24, 2.45) is 0 Å². The van der Waals surface area contributed by atoms with Crippen LogP contribution in [0.4, 0.5) is 0 Å². The highest BCUT2D eigenvalue weighted by atomic mass is 28.4. The first-order valence-electron chi connectivity index (χ1n) is 5.07. The topological polar surface area (TPSA) is 9.23 Å². The summed E-state index contributed by atoms with van der Waals surface area (Å²) in [4.78, 5) is 0. The largest absolute Gasteiger partial charge is 0.416 e. The quantitative estimate of drug-likeness (QED) is 0.626. The van der Waals surface area contributed by atoms with Gasteiger partial charge < -0.3 is 4.43 Å². The highest BCUT2D eigenvalue weighted by Crippen LogP contribution is 2.31. The molecule has 0 aliphatic heterocycles. The molecule has 1 aliphatic rings. The molecule has 0 atom stereocenters. The second-order valence-corrected chi connectivity index (χ2v) is 8.01. The lowest BCUT2D eigenvalue weighted by Crippen LogP contribution is -2.32. The summed E-state index contributed by atoms with van der Waals surface area (Å²) in [6, 6.07) is 0. The summed E-state index contributed by atoms with van der Waals surface area (Å²) < 4.78 is 5.63. The molecule has 0 aromatic carbocycles. The first kappa shape index (κ1) is 10.7. The normalized spacial score (nSPS) is 17.2. The van der Waals surface area contributed by atoms with Crippen LogP contribution in [0.1, 0.15) is 26.2 Å². The molecule has 13 heavy (non-hydrogen) atoms. The van der Waals surface area contributed by atoms with Gasteiger partial charge in [0.2, 0.25) is 8.32 Å². The second-order valence-electron chi connectivity index (χ2n) is 4.05. The Hall–Kier alpha value is -0.343. The fourth-order valence-electron chi connectivity index (χ4n) is 1.81. The lowest BCUT2D eigenvalue weighted by molar-refractivity contribution is 0.412. The van der Waals surface area contributed by atoms with Crippen LogP contribution in [0.2, 0.25) is 13.1 Å². The van der Waals surface area contributed by atoms with Gasteiger partial charge in [0.1, 0.15) is 0 Å². The Kier molecular flexibility index (Phi) is 3.51. The zero-order chi connectivity index (χ0) is 9.90. The van der Waals surface area contributed by atoms with Gasteiger partial charge in [-0.05, 0) is 31.1 Å². The van der Waals surface area contributed by atoms with Crippen LogP contribution in [-0.4, -0.2) is 15.4 Å². The summed E-state index contributed by atoms with van der Waals surface area (Å²) in [7, 11) is 0.291. The molecule has 1 nitrogen and oxygen atoms in total. The number of hydrogen-bond donors (Lipinski definition) is 0. The van der Waals surface area contributed by atoms with Crippen LogP contribution in [0.25, 0.3) is 0 Å². The van der Waals surface area contributed by atoms with Gasteiger partial charge in [0.15, 0.2) is 0 Å². The highest BCUT2D eigenvalue weighted by molar-refractivity contribution is 6.79. The van der Waals surface area contributed by atoms with E-state index in [0.29, 0.717) is 0 Å². The minimum atomic E-state index is -1.55. The summed E-state index contributed by atoms with van der Waals surface area (Å²) >= 11 is 0. The molecule has 0 bridgehead atoms. The SMILES string of the molecule is CCCC1=CCC=C1[Si](C)(C)OC. The maximum Gasteiger partial charge on any atom is 0.217 e. The Morgan fingerprint density at radius 3 is 2.62 bits per heavy atom. The Balaban J connectivity index is 2.76. The van der Waals surface area contributed by atoms with E-state index in [9.17, 15) is 0 Å². The molecule has 0 radical (unpaired) electrons. The summed E-state index contributed by atoms with van der Waals surface area (Å²) in [6.45, 7) is 6.78. The van der Waals surface area contributed by atoms with Gasteiger partial charge in [-0.1, -0.05) is 31.1 Å². The van der Waals surface area contributed by atoms with E-state index in [2.05, 4.69) is 32.2 Å². The second kappa shape index (κ2) is 4.25. The molecule has 0 spiro atoms. The summed E-state index contributed by atoms with van der Waals surface area (Å²) in [6.07, 6.45) is 8.26. The predicted octanol–water partition coefficient (Wildman–Crippen LogP) is 3.43. The van der Waals surface area contributed by atoms with E-state index in [0.717, 1.165) is 6.42 Å². The van der Waals surface area contributed by atoms with Crippen molar-refractivity contribution >= 4 is 8.32 Å². The average Bonchev–Trinajstić information content (AvgIpc) is 2.54. The molecular formula is C11H20OSi. The van der Waals surface area contributed by atoms with E-state index in [1.807, 2.05) is 7.11 Å². The Bertz CT molecular complexity index is 238. The van der Waals surface area contributed by atoms with Crippen molar-refractivity contribution in [1.82, 2.24) is 0 Å². The predicted molar refractivity (Wildman–Crippen MR) is 60.2 cm³/mol. The standard InChI is InChI=1S/C11H20OSi/c1-5-7-10-8-6-9-11(10)13(3,4)12-2/h8-9H,5-7H2,1-4H3. The van der Waals surface area contributed by atoms with Crippen molar-refractivity contribution in [3.05, 3.63) is 22.9 Å². The zero-order valence-corrected chi connectivity index (χ0v) is 10.2. The van der Waals surface area contributed by atoms with E-state index in [4.69, 9.17) is 4.43 Å². The van der Waals surface area contributed by atoms with Gasteiger partial charge in [0, 0.05) is 7.11 Å². The summed E-state index contributed by atoms with van der Waals surface area (Å²) in [5.41, 5.74) is 1.54. The molecule has 0 saturated heterocycles. The van der Waals surface area contributed by atoms with Gasteiger partial charge in [-0.3, -0.25) is 0 Å². The van der Waals surface area contributed by atoms with E-state index in [1.54, 1.807) is 5.57 Å². The maximum atomic E-state index is 5.63. The molecule has 0 N–H and O–H groups in total. The first-order valence-corrected chi connectivity index (χ1v) is 7.98. The Labute approximate surface area is 82.6 Å². The molecule has 0 saturated carbocycles. The molecule has 0 fully saturated rings. The van der Waals surface area contributed by atoms with Crippen LogP contribution >= 0.6 is 0 Å². The minimum absolute atomic E-state index is 1.12. The van der Waals surface area contributed by atoms with Gasteiger partial charge in [-0.25, -0.2) is 0 Å². The molecule has 0 unspecified atom stereocenters. The Morgan fingerprint density at radius 1 is 1.38 bits per heavy atom. The molecule has 1 rings (SSSR count). The molecular weight excluding hydrogens is 176 g/mol. The monoisotopic (exact) mass is 196 g/mol. The highest BCUT2D eigenvalue weighted by Gasteiger charge is 2.29. The molecule has 0 aromatic rings. The van der Waals surface area contributed by atoms with Gasteiger partial charge in [-0.15, -0.1) is 0 Å². The van der Waals surface area contributed by atoms with E-state index in [1.165, 1.54) is 18.0 Å². The molecule has 74 valence electrons. The third-order valence-electron chi connectivity index (χ3n) is 2.71. The molecule has 2 heteroatoms. The van der Waals surface area contributed by atoms with Crippen LogP contribution in [0.3, 0.4) is 0 Å². The number of allylic oxidation sites excluding steroid dienone is 4. The van der Waals surface area contributed by atoms with Crippen LogP contribution < -0.4 is 0 Å². The number of hydrogen-bond acceptors (Lipinski definition) is 1. The fourth-order valence-corrected chi connectivity index (χ4v) is 3.64. The van der Waals surface area contributed by atoms with E-state index >= 15 is 0 Å². The van der Waals surface area contributed by atoms with E-state index < -0.39 is 8.32 Å². The minimum Gasteiger partial charge on any atom is -0.416 e. The zero-order valence-electron chi connectivity index (χ0n) is 9.18. The van der Waals surface area contributed by atoms with Gasteiger partial charge in [0.25, 0.3) is 0 Å². The lowest BCUT2D eigenvalue weighted by Gasteiger charge is -2.24. The first-order chi connectivity index (χ1) is 6.11. The van der Waals surface area contributed by atoms with Crippen LogP contribution in [0.15, 0.2) is 22.9 Å². The Morgan fingerprint density at radius 2 is 2.08 bits per heavy atom. The van der Waals surface area contributed by atoms with Crippen molar-refractivity contribution in [1.29, 1.82) is 0 Å². The molecule has 1 aliphatic carbocycles. The van der Waals surface area contributed by atoms with Crippen molar-refractivity contribution in [3.8, 4) is 0 Å². The van der Waals surface area contributed by atoms with Crippen molar-refractivity contribution in [2.75, 3.05) is 7.11 Å². The number of rotatable bonds is 4. The van der Waals surface area contributed by atoms with Crippen LogP contribution in [0.5, 0.6) is 0 Å². The molecule has 0 heterocycles. The van der Waals surface area contributed by atoms with Gasteiger partial charge in [0.05, 0.1) is 0 Å². The lowest BCUT2D eigenvalue weighted by atomic mass is 10.2. The van der Waals surface area contributed by atoms with Crippen molar-refractivity contribution in [2.45, 2.75) is 39.3 Å². The molecule has 0 amide bonds. The maximum absolute atomic E-state index is 5.63. The van der Waals surface area contributed by atoms with Gasteiger partial charge >= 0.3 is 0 Å². The van der Waals surface area contributed by atoms with Crippen LogP contribution in [-0.2, 0) is 4.43 Å². The third kappa shape index (κ3) is 2.32. The smallest absolute Gasteiger partial charge is 0.217 e. The molecule has 0 aromatic heterocycles. The summed E-state index contributed by atoms with van der Waals surface area (Å²) in [5.74, 6) is 0. The summed E-state index contributed by atoms with van der Waals surface area (Å²) in [5, 5.41) is 1.52. The van der Waals surface area contributed by atoms with Gasteiger partial charge in [-0.2, -0.15) is 0 Å².